The van der Waals surface area contributed by atoms with E-state index in [0.29, 0.717) is 17.1 Å². The molecule has 2 aromatic rings. The molecule has 130 valence electrons. The molecule has 0 radical (unpaired) electrons. The molecular weight excluding hydrogens is 332 g/mol. The maximum atomic E-state index is 11.1. The zero-order chi connectivity index (χ0) is 18.2. The lowest BCUT2D eigenvalue weighted by molar-refractivity contribution is -0.389. The molecule has 25 heavy (non-hydrogen) atoms. The van der Waals surface area contributed by atoms with Crippen molar-refractivity contribution in [3.63, 3.8) is 0 Å². The number of esters is 1. The van der Waals surface area contributed by atoms with E-state index in [1.807, 2.05) is 0 Å². The minimum Gasteiger partial charge on any atom is -0.480 e. The van der Waals surface area contributed by atoms with Crippen molar-refractivity contribution in [2.24, 2.45) is 0 Å². The molecule has 0 spiro atoms. The molecule has 3 rings (SSSR count). The summed E-state index contributed by atoms with van der Waals surface area (Å²) in [4.78, 5) is 38.6. The fourth-order valence-electron chi connectivity index (χ4n) is 1.74. The summed E-state index contributed by atoms with van der Waals surface area (Å²) in [6, 6.07) is 6.17. The van der Waals surface area contributed by atoms with Crippen molar-refractivity contribution in [1.29, 1.82) is 0 Å². The van der Waals surface area contributed by atoms with E-state index in [0.717, 1.165) is 0 Å². The third-order valence-electron chi connectivity index (χ3n) is 2.82. The Morgan fingerprint density at radius 2 is 2.24 bits per heavy atom. The molecule has 2 aromatic heterocycles. The van der Waals surface area contributed by atoms with Gasteiger partial charge in [-0.3, -0.25) is 14.6 Å². The predicted octanol–water partition coefficient (Wildman–Crippen LogP) is 1.47. The molecule has 0 saturated carbocycles. The second-order valence-electron chi connectivity index (χ2n) is 4.73. The monoisotopic (exact) mass is 346 g/mol. The maximum absolute atomic E-state index is 11.1. The third kappa shape index (κ3) is 5.53. The van der Waals surface area contributed by atoms with Gasteiger partial charge in [0.15, 0.2) is 12.4 Å². The predicted molar refractivity (Wildman–Crippen MR) is 84.7 cm³/mol. The second kappa shape index (κ2) is 8.34. The Morgan fingerprint density at radius 1 is 1.44 bits per heavy atom. The van der Waals surface area contributed by atoms with Gasteiger partial charge in [0.05, 0.1) is 17.6 Å². The van der Waals surface area contributed by atoms with Crippen LogP contribution >= 0.6 is 0 Å². The Labute approximate surface area is 142 Å². The SMILES string of the molecule is CC(=O)OCc1cc2c(cn1)OCC(=O)N2.O=[N+]([O-])c1ccccn1. The van der Waals surface area contributed by atoms with Crippen LogP contribution in [0.3, 0.4) is 0 Å². The summed E-state index contributed by atoms with van der Waals surface area (Å²) in [7, 11) is 0. The number of pyridine rings is 2. The minimum atomic E-state index is -0.528. The van der Waals surface area contributed by atoms with E-state index in [1.54, 1.807) is 18.2 Å². The first-order valence-electron chi connectivity index (χ1n) is 7.06. The van der Waals surface area contributed by atoms with Crippen LogP contribution in [0.5, 0.6) is 5.75 Å². The van der Waals surface area contributed by atoms with Crippen molar-refractivity contribution in [2.75, 3.05) is 11.9 Å². The van der Waals surface area contributed by atoms with Crippen molar-refractivity contribution in [3.05, 3.63) is 52.5 Å². The van der Waals surface area contributed by atoms with Crippen molar-refractivity contribution in [3.8, 4) is 5.75 Å². The van der Waals surface area contributed by atoms with E-state index in [9.17, 15) is 19.7 Å². The number of amides is 1. The number of nitro groups is 1. The molecule has 0 fully saturated rings. The molecule has 0 aromatic carbocycles. The number of carbonyl (C=O) groups is 2. The van der Waals surface area contributed by atoms with Crippen molar-refractivity contribution in [1.82, 2.24) is 9.97 Å². The molecule has 10 nitrogen and oxygen atoms in total. The van der Waals surface area contributed by atoms with Crippen molar-refractivity contribution < 1.29 is 24.0 Å². The fourth-order valence-corrected chi connectivity index (χ4v) is 1.74. The van der Waals surface area contributed by atoms with Gasteiger partial charge in [-0.25, -0.2) is 0 Å². The van der Waals surface area contributed by atoms with E-state index < -0.39 is 4.92 Å². The summed E-state index contributed by atoms with van der Waals surface area (Å²) >= 11 is 0. The highest BCUT2D eigenvalue weighted by Crippen LogP contribution is 2.26. The number of hydrogen-bond donors (Lipinski definition) is 1. The lowest BCUT2D eigenvalue weighted by atomic mass is 10.3. The summed E-state index contributed by atoms with van der Waals surface area (Å²) in [5, 5.41) is 12.6. The molecule has 0 bridgehead atoms. The number of aromatic nitrogens is 2. The maximum Gasteiger partial charge on any atom is 0.363 e. The first-order valence-corrected chi connectivity index (χ1v) is 7.06. The Morgan fingerprint density at radius 3 is 2.84 bits per heavy atom. The van der Waals surface area contributed by atoms with Gasteiger partial charge in [0.1, 0.15) is 12.8 Å². The van der Waals surface area contributed by atoms with Gasteiger partial charge in [0.2, 0.25) is 0 Å². The van der Waals surface area contributed by atoms with Gasteiger partial charge in [-0.15, -0.1) is 0 Å². The first-order chi connectivity index (χ1) is 12.0. The van der Waals surface area contributed by atoms with Gasteiger partial charge < -0.3 is 24.9 Å². The first kappa shape index (κ1) is 17.8. The van der Waals surface area contributed by atoms with Crippen LogP contribution in [0, 0.1) is 10.1 Å². The molecule has 0 atom stereocenters. The van der Waals surface area contributed by atoms with Crippen molar-refractivity contribution >= 4 is 23.4 Å². The van der Waals surface area contributed by atoms with Crippen LogP contribution in [-0.4, -0.2) is 33.4 Å². The second-order valence-corrected chi connectivity index (χ2v) is 4.73. The summed E-state index contributed by atoms with van der Waals surface area (Å²) in [6.07, 6.45) is 2.88. The van der Waals surface area contributed by atoms with E-state index in [4.69, 9.17) is 9.47 Å². The zero-order valence-corrected chi connectivity index (χ0v) is 13.2. The van der Waals surface area contributed by atoms with Crippen LogP contribution in [0.4, 0.5) is 11.5 Å². The molecule has 1 aliphatic heterocycles. The number of anilines is 1. The lowest BCUT2D eigenvalue weighted by Crippen LogP contribution is -2.25. The van der Waals surface area contributed by atoms with Crippen LogP contribution in [0.25, 0.3) is 0 Å². The zero-order valence-electron chi connectivity index (χ0n) is 13.2. The highest BCUT2D eigenvalue weighted by atomic mass is 16.6. The summed E-state index contributed by atoms with van der Waals surface area (Å²) < 4.78 is 9.92. The van der Waals surface area contributed by atoms with Gasteiger partial charge >= 0.3 is 11.8 Å². The molecular formula is C15H14N4O6. The van der Waals surface area contributed by atoms with Crippen LogP contribution in [0.15, 0.2) is 36.7 Å². The van der Waals surface area contributed by atoms with E-state index in [-0.39, 0.29) is 30.9 Å². The van der Waals surface area contributed by atoms with Crippen molar-refractivity contribution in [2.45, 2.75) is 13.5 Å². The minimum absolute atomic E-state index is 0.00201. The Kier molecular flexibility index (Phi) is 5.93. The number of nitrogens with one attached hydrogen (secondary N) is 1. The third-order valence-corrected chi connectivity index (χ3v) is 2.82. The quantitative estimate of drug-likeness (QED) is 0.501. The van der Waals surface area contributed by atoms with Crippen LogP contribution in [-0.2, 0) is 20.9 Å². The average molecular weight is 346 g/mol. The number of rotatable bonds is 3. The van der Waals surface area contributed by atoms with E-state index in [1.165, 1.54) is 25.4 Å². The standard InChI is InChI=1S/C10H10N2O4.C5H4N2O2/c1-6(13)15-4-7-2-8-9(3-11-7)16-5-10(14)12-8;8-7(9)5-3-1-2-4-6-5/h2-3H,4-5H2,1H3,(H,12,14);1-4H. The van der Waals surface area contributed by atoms with Gasteiger partial charge in [-0.05, 0) is 22.0 Å². The molecule has 1 aliphatic rings. The molecule has 10 heteroatoms. The molecule has 1 N–H and O–H groups in total. The topological polar surface area (TPSA) is 134 Å². The summed E-state index contributed by atoms with van der Waals surface area (Å²) in [5.74, 6) is -0.180. The molecule has 3 heterocycles. The number of hydrogen-bond acceptors (Lipinski definition) is 8. The van der Waals surface area contributed by atoms with Crippen LogP contribution < -0.4 is 10.1 Å². The van der Waals surface area contributed by atoms with Gasteiger partial charge in [0, 0.05) is 13.0 Å². The van der Waals surface area contributed by atoms with E-state index in [2.05, 4.69) is 15.3 Å². The number of fused-ring (bicyclic) bond motifs is 1. The smallest absolute Gasteiger partial charge is 0.363 e. The molecule has 0 saturated heterocycles. The number of ether oxygens (including phenoxy) is 2. The largest absolute Gasteiger partial charge is 0.480 e. The Hall–Kier alpha value is -3.56. The van der Waals surface area contributed by atoms with E-state index >= 15 is 0 Å². The van der Waals surface area contributed by atoms with Crippen LogP contribution in [0.1, 0.15) is 12.6 Å². The fraction of sp³-hybridized carbons (Fsp3) is 0.200. The Bertz CT molecular complexity index is 781. The highest BCUT2D eigenvalue weighted by Gasteiger charge is 2.16. The molecule has 0 unspecified atom stereocenters. The van der Waals surface area contributed by atoms with Crippen LogP contribution in [0.2, 0.25) is 0 Å². The summed E-state index contributed by atoms with van der Waals surface area (Å²) in [6.45, 7) is 1.40. The molecule has 1 amide bonds. The number of nitrogens with zero attached hydrogens (tertiary/aromatic N) is 3. The normalized spacial score (nSPS) is 11.8. The number of carbonyl (C=O) groups excluding carboxylic acids is 2. The average Bonchev–Trinajstić information content (AvgIpc) is 2.61. The van der Waals surface area contributed by atoms with Gasteiger partial charge in [-0.2, -0.15) is 0 Å². The van der Waals surface area contributed by atoms with Gasteiger partial charge in [-0.1, -0.05) is 6.07 Å². The van der Waals surface area contributed by atoms with Gasteiger partial charge in [0.25, 0.3) is 5.91 Å². The molecule has 0 aliphatic carbocycles. The lowest BCUT2D eigenvalue weighted by Gasteiger charge is -2.17. The summed E-state index contributed by atoms with van der Waals surface area (Å²) in [5.41, 5.74) is 1.10. The highest BCUT2D eigenvalue weighted by molar-refractivity contribution is 5.95. The Balaban J connectivity index is 0.000000212.